The van der Waals surface area contributed by atoms with Crippen molar-refractivity contribution in [2.45, 2.75) is 6.10 Å². The molecule has 0 saturated carbocycles. The topological polar surface area (TPSA) is 95.3 Å². The zero-order valence-corrected chi connectivity index (χ0v) is 16.6. The molecule has 2 amide bonds. The molecule has 0 saturated heterocycles. The van der Waals surface area contributed by atoms with Crippen LogP contribution in [-0.2, 0) is 0 Å². The van der Waals surface area contributed by atoms with Gasteiger partial charge in [-0.1, -0.05) is 30.3 Å². The van der Waals surface area contributed by atoms with Gasteiger partial charge in [0.2, 0.25) is 0 Å². The standard InChI is InChI=1S/C21H26N6O2/c1-26(2)15-17(20(28)16-7-4-3-5-8-16)13-23-21(29)25-18-9-10-19(22-14-18)27-12-6-11-24-27/h3-12,14,17,20,28H,13,15H2,1-2H3,(H2,23,25,29)/t17-,20-/m0/s1. The van der Waals surface area contributed by atoms with Crippen molar-refractivity contribution in [3.63, 3.8) is 0 Å². The van der Waals surface area contributed by atoms with Gasteiger partial charge in [0.25, 0.3) is 0 Å². The molecule has 3 N–H and O–H groups in total. The number of nitrogens with zero attached hydrogens (tertiary/aromatic N) is 4. The molecule has 2 aromatic heterocycles. The zero-order valence-electron chi connectivity index (χ0n) is 16.6. The van der Waals surface area contributed by atoms with E-state index in [2.05, 4.69) is 20.7 Å². The predicted octanol–water partition coefficient (Wildman–Crippen LogP) is 2.30. The summed E-state index contributed by atoms with van der Waals surface area (Å²) in [6.07, 6.45) is 4.38. The maximum absolute atomic E-state index is 12.3. The number of hydrogen-bond donors (Lipinski definition) is 3. The highest BCUT2D eigenvalue weighted by Gasteiger charge is 2.22. The Hall–Kier alpha value is -3.23. The summed E-state index contributed by atoms with van der Waals surface area (Å²) in [6, 6.07) is 14.5. The highest BCUT2D eigenvalue weighted by Crippen LogP contribution is 2.22. The van der Waals surface area contributed by atoms with Gasteiger partial charge in [-0.05, 0) is 37.9 Å². The van der Waals surface area contributed by atoms with Gasteiger partial charge < -0.3 is 20.6 Å². The van der Waals surface area contributed by atoms with Gasteiger partial charge in [0.1, 0.15) is 0 Å². The third-order valence-electron chi connectivity index (χ3n) is 4.46. The lowest BCUT2D eigenvalue weighted by Crippen LogP contribution is -2.39. The number of hydrogen-bond acceptors (Lipinski definition) is 5. The van der Waals surface area contributed by atoms with Crippen molar-refractivity contribution in [3.8, 4) is 5.82 Å². The molecule has 29 heavy (non-hydrogen) atoms. The Morgan fingerprint density at radius 3 is 2.59 bits per heavy atom. The quantitative estimate of drug-likeness (QED) is 0.545. The predicted molar refractivity (Wildman–Crippen MR) is 112 cm³/mol. The Bertz CT molecular complexity index is 881. The summed E-state index contributed by atoms with van der Waals surface area (Å²) in [5, 5.41) is 20.5. The second-order valence-corrected chi connectivity index (χ2v) is 7.07. The molecule has 0 aliphatic heterocycles. The van der Waals surface area contributed by atoms with E-state index in [1.165, 1.54) is 0 Å². The van der Waals surface area contributed by atoms with Crippen LogP contribution >= 0.6 is 0 Å². The van der Waals surface area contributed by atoms with E-state index in [1.807, 2.05) is 55.4 Å². The molecule has 0 radical (unpaired) electrons. The first-order chi connectivity index (χ1) is 14.0. The van der Waals surface area contributed by atoms with Gasteiger partial charge >= 0.3 is 6.03 Å². The van der Waals surface area contributed by atoms with Crippen molar-refractivity contribution in [1.29, 1.82) is 0 Å². The Labute approximate surface area is 170 Å². The maximum Gasteiger partial charge on any atom is 0.319 e. The summed E-state index contributed by atoms with van der Waals surface area (Å²) in [5.74, 6) is 0.511. The fourth-order valence-electron chi connectivity index (χ4n) is 3.07. The molecule has 0 aliphatic rings. The van der Waals surface area contributed by atoms with Gasteiger partial charge in [0.05, 0.1) is 18.0 Å². The average molecular weight is 394 g/mol. The molecule has 8 heteroatoms. The van der Waals surface area contributed by atoms with E-state index >= 15 is 0 Å². The van der Waals surface area contributed by atoms with Crippen LogP contribution in [0.15, 0.2) is 67.1 Å². The third kappa shape index (κ3) is 5.87. The lowest BCUT2D eigenvalue weighted by atomic mass is 9.95. The van der Waals surface area contributed by atoms with Gasteiger partial charge in [-0.15, -0.1) is 0 Å². The number of urea groups is 1. The molecule has 152 valence electrons. The largest absolute Gasteiger partial charge is 0.388 e. The highest BCUT2D eigenvalue weighted by molar-refractivity contribution is 5.89. The molecule has 0 fully saturated rings. The van der Waals surface area contributed by atoms with Crippen LogP contribution in [0, 0.1) is 5.92 Å². The molecule has 3 rings (SSSR count). The molecule has 1 aromatic carbocycles. The number of pyridine rings is 1. The molecule has 8 nitrogen and oxygen atoms in total. The molecule has 0 bridgehead atoms. The van der Waals surface area contributed by atoms with Crippen LogP contribution in [0.25, 0.3) is 5.82 Å². The molecule has 0 unspecified atom stereocenters. The molecule has 3 aromatic rings. The lowest BCUT2D eigenvalue weighted by Gasteiger charge is -2.26. The summed E-state index contributed by atoms with van der Waals surface area (Å²) >= 11 is 0. The minimum absolute atomic E-state index is 0.154. The Kier molecular flexibility index (Phi) is 6.94. The number of carbonyl (C=O) groups excluding carboxylic acids is 1. The number of carbonyl (C=O) groups is 1. The summed E-state index contributed by atoms with van der Waals surface area (Å²) < 4.78 is 1.64. The maximum atomic E-state index is 12.3. The van der Waals surface area contributed by atoms with E-state index in [-0.39, 0.29) is 11.9 Å². The van der Waals surface area contributed by atoms with Crippen LogP contribution in [0.4, 0.5) is 10.5 Å². The smallest absolute Gasteiger partial charge is 0.319 e. The summed E-state index contributed by atoms with van der Waals surface area (Å²) in [6.45, 7) is 0.968. The molecular formula is C21H26N6O2. The van der Waals surface area contributed by atoms with E-state index in [0.29, 0.717) is 24.6 Å². The average Bonchev–Trinajstić information content (AvgIpc) is 3.26. The Morgan fingerprint density at radius 1 is 1.17 bits per heavy atom. The molecule has 0 spiro atoms. The molecule has 2 atom stereocenters. The first-order valence-electron chi connectivity index (χ1n) is 9.41. The Balaban J connectivity index is 1.56. The number of rotatable bonds is 8. The normalized spacial score (nSPS) is 13.1. The monoisotopic (exact) mass is 394 g/mol. The van der Waals surface area contributed by atoms with E-state index in [0.717, 1.165) is 5.56 Å². The number of aliphatic hydroxyl groups is 1. The van der Waals surface area contributed by atoms with E-state index < -0.39 is 6.10 Å². The van der Waals surface area contributed by atoms with E-state index in [1.54, 1.807) is 35.4 Å². The van der Waals surface area contributed by atoms with Crippen LogP contribution in [0.3, 0.4) is 0 Å². The van der Waals surface area contributed by atoms with Crippen LogP contribution in [0.5, 0.6) is 0 Å². The van der Waals surface area contributed by atoms with Gasteiger partial charge in [0, 0.05) is 31.4 Å². The number of amides is 2. The van der Waals surface area contributed by atoms with Crippen molar-refractivity contribution in [2.75, 3.05) is 32.5 Å². The SMILES string of the molecule is CN(C)C[C@H](CNC(=O)Nc1ccc(-n2cccn2)nc1)[C@@H](O)c1ccccc1. The summed E-state index contributed by atoms with van der Waals surface area (Å²) in [7, 11) is 3.88. The van der Waals surface area contributed by atoms with Crippen molar-refractivity contribution in [2.24, 2.45) is 5.92 Å². The van der Waals surface area contributed by atoms with Gasteiger partial charge in [-0.3, -0.25) is 0 Å². The summed E-state index contributed by atoms with van der Waals surface area (Å²) in [5.41, 5.74) is 1.41. The van der Waals surface area contributed by atoms with E-state index in [9.17, 15) is 9.90 Å². The van der Waals surface area contributed by atoms with Crippen LogP contribution < -0.4 is 10.6 Å². The second kappa shape index (κ2) is 9.81. The minimum Gasteiger partial charge on any atom is -0.388 e. The van der Waals surface area contributed by atoms with Crippen molar-refractivity contribution >= 4 is 11.7 Å². The number of anilines is 1. The number of aromatic nitrogens is 3. The highest BCUT2D eigenvalue weighted by atomic mass is 16.3. The zero-order chi connectivity index (χ0) is 20.6. The van der Waals surface area contributed by atoms with Crippen molar-refractivity contribution in [3.05, 3.63) is 72.7 Å². The van der Waals surface area contributed by atoms with Gasteiger partial charge in [0.15, 0.2) is 5.82 Å². The lowest BCUT2D eigenvalue weighted by molar-refractivity contribution is 0.0911. The number of nitrogens with one attached hydrogen (secondary N) is 2. The number of aliphatic hydroxyl groups excluding tert-OH is 1. The summed E-state index contributed by atoms with van der Waals surface area (Å²) in [4.78, 5) is 18.6. The van der Waals surface area contributed by atoms with Crippen LogP contribution in [-0.4, -0.2) is 58.0 Å². The molecular weight excluding hydrogens is 368 g/mol. The Morgan fingerprint density at radius 2 is 1.97 bits per heavy atom. The van der Waals surface area contributed by atoms with Crippen LogP contribution in [0.1, 0.15) is 11.7 Å². The first kappa shape index (κ1) is 20.5. The minimum atomic E-state index is -0.672. The molecule has 0 aliphatic carbocycles. The van der Waals surface area contributed by atoms with Crippen molar-refractivity contribution < 1.29 is 9.90 Å². The number of benzene rings is 1. The fraction of sp³-hybridized carbons (Fsp3) is 0.286. The van der Waals surface area contributed by atoms with Crippen LogP contribution in [0.2, 0.25) is 0 Å². The van der Waals surface area contributed by atoms with Gasteiger partial charge in [-0.2, -0.15) is 5.10 Å². The van der Waals surface area contributed by atoms with Crippen molar-refractivity contribution in [1.82, 2.24) is 25.0 Å². The van der Waals surface area contributed by atoms with E-state index in [4.69, 9.17) is 0 Å². The first-order valence-corrected chi connectivity index (χ1v) is 9.41. The second-order valence-electron chi connectivity index (χ2n) is 7.07. The van der Waals surface area contributed by atoms with Gasteiger partial charge in [-0.25, -0.2) is 14.5 Å². The molecule has 2 heterocycles. The third-order valence-corrected chi connectivity index (χ3v) is 4.46. The fourth-order valence-corrected chi connectivity index (χ4v) is 3.07.